The quantitative estimate of drug-likeness (QED) is 0.892. The maximum atomic E-state index is 11.5. The van der Waals surface area contributed by atoms with Gasteiger partial charge in [-0.2, -0.15) is 0 Å². The highest BCUT2D eigenvalue weighted by atomic mass is 16.4. The smallest absolute Gasteiger partial charge is 0.339 e. The Morgan fingerprint density at radius 3 is 2.95 bits per heavy atom. The molecule has 5 heteroatoms. The lowest BCUT2D eigenvalue weighted by Crippen LogP contribution is -2.40. The van der Waals surface area contributed by atoms with Crippen molar-refractivity contribution in [1.82, 2.24) is 9.88 Å². The second-order valence-electron chi connectivity index (χ2n) is 6.25. The average Bonchev–Trinajstić information content (AvgIpc) is 2.46. The Morgan fingerprint density at radius 2 is 2.19 bits per heavy atom. The summed E-state index contributed by atoms with van der Waals surface area (Å²) in [7, 11) is 2.10. The second-order valence-corrected chi connectivity index (χ2v) is 6.25. The van der Waals surface area contributed by atoms with Gasteiger partial charge < -0.3 is 15.3 Å². The number of carbonyl (C=O) groups is 1. The Balaban J connectivity index is 1.87. The van der Waals surface area contributed by atoms with Gasteiger partial charge in [-0.05, 0) is 63.7 Å². The van der Waals surface area contributed by atoms with Crippen LogP contribution in [0.1, 0.15) is 47.3 Å². The van der Waals surface area contributed by atoms with Crippen molar-refractivity contribution in [3.05, 3.63) is 22.9 Å². The molecule has 0 saturated carbocycles. The highest BCUT2D eigenvalue weighted by Gasteiger charge is 2.23. The Hall–Kier alpha value is -1.62. The van der Waals surface area contributed by atoms with Gasteiger partial charge in [0.15, 0.2) is 0 Å². The third-order valence-electron chi connectivity index (χ3n) is 4.50. The third-order valence-corrected chi connectivity index (χ3v) is 4.50. The van der Waals surface area contributed by atoms with Crippen molar-refractivity contribution >= 4 is 11.8 Å². The lowest BCUT2D eigenvalue weighted by atomic mass is 9.94. The molecular formula is C16H23N3O2. The summed E-state index contributed by atoms with van der Waals surface area (Å²) in [6.07, 6.45) is 6.42. The molecule has 0 bridgehead atoms. The molecule has 0 aromatic carbocycles. The second kappa shape index (κ2) is 6.02. The Kier molecular flexibility index (Phi) is 4.10. The number of likely N-dealkylation sites (tertiary alicyclic amines) is 1. The number of hydrogen-bond donors (Lipinski definition) is 2. The molecule has 1 aromatic heterocycles. The normalized spacial score (nSPS) is 22.6. The van der Waals surface area contributed by atoms with E-state index >= 15 is 0 Å². The minimum Gasteiger partial charge on any atom is -0.478 e. The number of carboxylic acids is 1. The van der Waals surface area contributed by atoms with Crippen LogP contribution in [0, 0.1) is 0 Å². The van der Waals surface area contributed by atoms with E-state index in [-0.39, 0.29) is 6.04 Å². The highest BCUT2D eigenvalue weighted by molar-refractivity contribution is 5.93. The molecule has 0 spiro atoms. The molecule has 0 amide bonds. The predicted octanol–water partition coefficient (Wildman–Crippen LogP) is 2.16. The van der Waals surface area contributed by atoms with Gasteiger partial charge in [-0.3, -0.25) is 0 Å². The van der Waals surface area contributed by atoms with Gasteiger partial charge in [0, 0.05) is 18.3 Å². The van der Waals surface area contributed by atoms with E-state index in [1.165, 1.54) is 0 Å². The monoisotopic (exact) mass is 289 g/mol. The van der Waals surface area contributed by atoms with Crippen LogP contribution in [0.2, 0.25) is 0 Å². The molecule has 5 nitrogen and oxygen atoms in total. The summed E-state index contributed by atoms with van der Waals surface area (Å²) >= 11 is 0. The molecular weight excluding hydrogens is 266 g/mol. The van der Waals surface area contributed by atoms with E-state index < -0.39 is 5.97 Å². The molecule has 1 fully saturated rings. The molecule has 1 aliphatic heterocycles. The molecule has 2 heterocycles. The van der Waals surface area contributed by atoms with Crippen LogP contribution in [-0.2, 0) is 12.8 Å². The van der Waals surface area contributed by atoms with Crippen LogP contribution in [0.3, 0.4) is 0 Å². The number of aromatic nitrogens is 1. The maximum Gasteiger partial charge on any atom is 0.339 e. The van der Waals surface area contributed by atoms with Crippen molar-refractivity contribution in [2.75, 3.05) is 25.5 Å². The summed E-state index contributed by atoms with van der Waals surface area (Å²) < 4.78 is 0. The molecule has 1 aromatic rings. The molecule has 21 heavy (non-hydrogen) atoms. The van der Waals surface area contributed by atoms with Crippen molar-refractivity contribution in [3.63, 3.8) is 0 Å². The fourth-order valence-corrected chi connectivity index (χ4v) is 3.38. The minimum absolute atomic E-state index is 0.288. The maximum absolute atomic E-state index is 11.5. The van der Waals surface area contributed by atoms with Crippen LogP contribution in [0.4, 0.5) is 5.82 Å². The largest absolute Gasteiger partial charge is 0.478 e. The van der Waals surface area contributed by atoms with E-state index in [4.69, 9.17) is 0 Å². The fourth-order valence-electron chi connectivity index (χ4n) is 3.38. The zero-order valence-electron chi connectivity index (χ0n) is 12.6. The van der Waals surface area contributed by atoms with Crippen LogP contribution in [0.25, 0.3) is 0 Å². The van der Waals surface area contributed by atoms with Crippen molar-refractivity contribution in [1.29, 1.82) is 0 Å². The van der Waals surface area contributed by atoms with E-state index in [0.717, 1.165) is 62.9 Å². The first kappa shape index (κ1) is 14.3. The van der Waals surface area contributed by atoms with Crippen LogP contribution in [0.15, 0.2) is 6.07 Å². The van der Waals surface area contributed by atoms with E-state index in [9.17, 15) is 9.90 Å². The van der Waals surface area contributed by atoms with E-state index in [2.05, 4.69) is 22.2 Å². The number of rotatable bonds is 3. The number of fused-ring (bicyclic) bond motifs is 1. The van der Waals surface area contributed by atoms with Crippen LogP contribution in [-0.4, -0.2) is 47.1 Å². The summed E-state index contributed by atoms with van der Waals surface area (Å²) in [4.78, 5) is 18.4. The fraction of sp³-hybridized carbons (Fsp3) is 0.625. The molecule has 2 aliphatic rings. The lowest BCUT2D eigenvalue weighted by molar-refractivity contribution is 0.0697. The minimum atomic E-state index is -0.887. The van der Waals surface area contributed by atoms with Gasteiger partial charge in [-0.1, -0.05) is 0 Å². The van der Waals surface area contributed by atoms with E-state index in [0.29, 0.717) is 11.4 Å². The number of aryl methyl sites for hydroxylation is 2. The summed E-state index contributed by atoms with van der Waals surface area (Å²) in [5.74, 6) is -0.328. The van der Waals surface area contributed by atoms with Gasteiger partial charge in [0.25, 0.3) is 0 Å². The number of carboxylic acid groups (broad SMARTS) is 1. The average molecular weight is 289 g/mol. The molecule has 1 atom stereocenters. The molecule has 1 unspecified atom stereocenters. The van der Waals surface area contributed by atoms with Gasteiger partial charge in [-0.15, -0.1) is 0 Å². The number of likely N-dealkylation sites (N-methyl/N-ethyl adjacent to an activating group) is 1. The Labute approximate surface area is 125 Å². The Morgan fingerprint density at radius 1 is 1.38 bits per heavy atom. The number of pyridine rings is 1. The summed E-state index contributed by atoms with van der Waals surface area (Å²) in [6.45, 7) is 2.05. The van der Waals surface area contributed by atoms with E-state index in [1.807, 2.05) is 6.07 Å². The number of anilines is 1. The molecule has 0 radical (unpaired) electrons. The summed E-state index contributed by atoms with van der Waals surface area (Å²) in [5.41, 5.74) is 2.52. The van der Waals surface area contributed by atoms with Crippen molar-refractivity contribution < 1.29 is 9.90 Å². The Bertz CT molecular complexity index is 545. The highest BCUT2D eigenvalue weighted by Crippen LogP contribution is 2.26. The van der Waals surface area contributed by atoms with Gasteiger partial charge in [0.05, 0.1) is 0 Å². The molecule has 114 valence electrons. The number of hydrogen-bond acceptors (Lipinski definition) is 4. The van der Waals surface area contributed by atoms with Gasteiger partial charge in [-0.25, -0.2) is 9.78 Å². The van der Waals surface area contributed by atoms with Crippen molar-refractivity contribution in [2.45, 2.75) is 44.6 Å². The van der Waals surface area contributed by atoms with E-state index in [1.54, 1.807) is 0 Å². The summed E-state index contributed by atoms with van der Waals surface area (Å²) in [5, 5.41) is 12.8. The molecule has 1 saturated heterocycles. The number of nitrogens with zero attached hydrogens (tertiary/aromatic N) is 2. The first-order valence-corrected chi connectivity index (χ1v) is 7.84. The van der Waals surface area contributed by atoms with Crippen LogP contribution < -0.4 is 5.32 Å². The molecule has 3 rings (SSSR count). The first-order valence-electron chi connectivity index (χ1n) is 7.84. The summed E-state index contributed by atoms with van der Waals surface area (Å²) in [6, 6.07) is 2.12. The lowest BCUT2D eigenvalue weighted by Gasteiger charge is -2.31. The number of piperidine rings is 1. The van der Waals surface area contributed by atoms with Gasteiger partial charge in [0.2, 0.25) is 0 Å². The first-order chi connectivity index (χ1) is 10.1. The van der Waals surface area contributed by atoms with Crippen LogP contribution in [0.5, 0.6) is 0 Å². The standard InChI is InChI=1S/C16H23N3O2/c1-19-8-4-6-12(10-19)17-15-13(16(20)21)9-11-5-2-3-7-14(11)18-15/h9,12H,2-8,10H2,1H3,(H,17,18)(H,20,21). The van der Waals surface area contributed by atoms with Gasteiger partial charge >= 0.3 is 5.97 Å². The van der Waals surface area contributed by atoms with Crippen molar-refractivity contribution in [3.8, 4) is 0 Å². The number of nitrogens with one attached hydrogen (secondary N) is 1. The topological polar surface area (TPSA) is 65.5 Å². The zero-order valence-corrected chi connectivity index (χ0v) is 12.6. The molecule has 2 N–H and O–H groups in total. The third kappa shape index (κ3) is 3.18. The molecule has 1 aliphatic carbocycles. The SMILES string of the molecule is CN1CCCC(Nc2nc3c(cc2C(=O)O)CCCC3)C1. The zero-order chi connectivity index (χ0) is 14.8. The van der Waals surface area contributed by atoms with Crippen LogP contribution >= 0.6 is 0 Å². The van der Waals surface area contributed by atoms with Crippen molar-refractivity contribution in [2.24, 2.45) is 0 Å². The predicted molar refractivity (Wildman–Crippen MR) is 82.0 cm³/mol. The van der Waals surface area contributed by atoms with Gasteiger partial charge in [0.1, 0.15) is 11.4 Å². The number of aromatic carboxylic acids is 1.